The lowest BCUT2D eigenvalue weighted by atomic mass is 9.97. The number of nitrogens with one attached hydrogen (secondary N) is 1. The van der Waals surface area contributed by atoms with E-state index in [0.717, 1.165) is 38.5 Å². The van der Waals surface area contributed by atoms with Crippen molar-refractivity contribution >= 4 is 5.57 Å². The van der Waals surface area contributed by atoms with Crippen molar-refractivity contribution in [3.8, 4) is 0 Å². The highest BCUT2D eigenvalue weighted by Crippen LogP contribution is 2.43. The van der Waals surface area contributed by atoms with Gasteiger partial charge in [0.1, 0.15) is 5.83 Å². The lowest BCUT2D eigenvalue weighted by molar-refractivity contribution is 0.450. The van der Waals surface area contributed by atoms with Crippen LogP contribution in [-0.4, -0.2) is 13.1 Å². The molecule has 32 heavy (non-hydrogen) atoms. The second-order valence-corrected chi connectivity index (χ2v) is 8.80. The van der Waals surface area contributed by atoms with Crippen molar-refractivity contribution in [2.45, 2.75) is 90.5 Å². The van der Waals surface area contributed by atoms with Crippen molar-refractivity contribution in [3.63, 3.8) is 0 Å². The highest BCUT2D eigenvalue weighted by Gasteiger charge is 2.30. The minimum atomic E-state index is -1.08. The van der Waals surface area contributed by atoms with Crippen molar-refractivity contribution in [3.05, 3.63) is 64.3 Å². The molecule has 1 aromatic rings. The normalized spacial score (nSPS) is 15.1. The molecule has 2 rings (SSSR count). The van der Waals surface area contributed by atoms with E-state index in [-0.39, 0.29) is 23.1 Å². The highest BCUT2D eigenvalue weighted by molar-refractivity contribution is 5.85. The van der Waals surface area contributed by atoms with Crippen molar-refractivity contribution in [1.29, 1.82) is 0 Å². The zero-order valence-corrected chi connectivity index (χ0v) is 19.7. The van der Waals surface area contributed by atoms with E-state index in [1.807, 2.05) is 7.05 Å². The molecule has 1 atom stereocenters. The summed E-state index contributed by atoms with van der Waals surface area (Å²) in [6.45, 7) is 7.42. The van der Waals surface area contributed by atoms with E-state index in [2.05, 4.69) is 18.8 Å². The number of allylic oxidation sites excluding steroid dienone is 5. The summed E-state index contributed by atoms with van der Waals surface area (Å²) in [7, 11) is 1.97. The van der Waals surface area contributed by atoms with Gasteiger partial charge in [0.25, 0.3) is 0 Å². The third-order valence-electron chi connectivity index (χ3n) is 6.32. The summed E-state index contributed by atoms with van der Waals surface area (Å²) < 4.78 is 59.0. The van der Waals surface area contributed by atoms with E-state index in [4.69, 9.17) is 0 Å². The van der Waals surface area contributed by atoms with Crippen LogP contribution in [-0.2, 0) is 12.8 Å². The van der Waals surface area contributed by atoms with Crippen molar-refractivity contribution < 1.29 is 17.6 Å². The first-order valence-corrected chi connectivity index (χ1v) is 11.9. The molecule has 1 unspecified atom stereocenters. The summed E-state index contributed by atoms with van der Waals surface area (Å²) >= 11 is 0. The predicted molar refractivity (Wildman–Crippen MR) is 126 cm³/mol. The number of hydrogen-bond acceptors (Lipinski definition) is 1. The molecular formula is C27H37F4N. The fourth-order valence-corrected chi connectivity index (χ4v) is 4.52. The van der Waals surface area contributed by atoms with Gasteiger partial charge in [-0.2, -0.15) is 0 Å². The van der Waals surface area contributed by atoms with Gasteiger partial charge in [-0.25, -0.2) is 17.6 Å². The van der Waals surface area contributed by atoms with Gasteiger partial charge in [-0.1, -0.05) is 50.3 Å². The number of hydrogen-bond donors (Lipinski definition) is 1. The number of benzene rings is 1. The van der Waals surface area contributed by atoms with Gasteiger partial charge < -0.3 is 5.32 Å². The Morgan fingerprint density at radius 2 is 1.84 bits per heavy atom. The van der Waals surface area contributed by atoms with Crippen LogP contribution >= 0.6 is 0 Å². The van der Waals surface area contributed by atoms with Crippen LogP contribution in [0.5, 0.6) is 0 Å². The molecule has 0 fully saturated rings. The van der Waals surface area contributed by atoms with Crippen molar-refractivity contribution in [2.75, 3.05) is 7.05 Å². The van der Waals surface area contributed by atoms with Crippen LogP contribution in [0, 0.1) is 11.6 Å². The Kier molecular flexibility index (Phi) is 10.7. The molecule has 0 amide bonds. The predicted octanol–water partition coefficient (Wildman–Crippen LogP) is 8.29. The second-order valence-electron chi connectivity index (χ2n) is 8.80. The Morgan fingerprint density at radius 3 is 2.50 bits per heavy atom. The summed E-state index contributed by atoms with van der Waals surface area (Å²) in [5.41, 5.74) is 1.06. The molecular weight excluding hydrogens is 414 g/mol. The first-order valence-electron chi connectivity index (χ1n) is 11.9. The minimum absolute atomic E-state index is 0.0239. The fourth-order valence-electron chi connectivity index (χ4n) is 4.52. The molecule has 0 radical (unpaired) electrons. The Morgan fingerprint density at radius 1 is 1.12 bits per heavy atom. The van der Waals surface area contributed by atoms with E-state index in [1.165, 1.54) is 0 Å². The molecule has 1 N–H and O–H groups in total. The van der Waals surface area contributed by atoms with E-state index < -0.39 is 23.3 Å². The third kappa shape index (κ3) is 6.57. The van der Waals surface area contributed by atoms with Crippen LogP contribution in [0.25, 0.3) is 5.57 Å². The maximum atomic E-state index is 15.0. The van der Waals surface area contributed by atoms with Gasteiger partial charge in [-0.15, -0.1) is 6.58 Å². The van der Waals surface area contributed by atoms with Gasteiger partial charge >= 0.3 is 0 Å². The maximum Gasteiger partial charge on any atom is 0.167 e. The Balaban J connectivity index is 2.02. The van der Waals surface area contributed by atoms with Gasteiger partial charge in [0, 0.05) is 23.6 Å². The van der Waals surface area contributed by atoms with E-state index in [0.29, 0.717) is 42.9 Å². The van der Waals surface area contributed by atoms with Crippen LogP contribution in [0.3, 0.4) is 0 Å². The molecule has 1 nitrogen and oxygen atoms in total. The largest absolute Gasteiger partial charge is 0.317 e. The maximum absolute atomic E-state index is 15.0. The van der Waals surface area contributed by atoms with Gasteiger partial charge in [-0.3, -0.25) is 0 Å². The SMILES string of the molecule is C=CCCc1cc2c(c(F)c1F)C(/C(F)=C(/F)CCCCCCC(CCC)NC)=C(C)C2. The smallest absolute Gasteiger partial charge is 0.167 e. The van der Waals surface area contributed by atoms with Crippen LogP contribution in [0.2, 0.25) is 0 Å². The molecule has 0 bridgehead atoms. The lowest BCUT2D eigenvalue weighted by Crippen LogP contribution is -2.24. The average Bonchev–Trinajstić information content (AvgIpc) is 3.11. The molecule has 178 valence electrons. The molecule has 0 saturated carbocycles. The van der Waals surface area contributed by atoms with E-state index in [1.54, 1.807) is 19.1 Å². The molecule has 1 aromatic carbocycles. The van der Waals surface area contributed by atoms with Crippen LogP contribution in [0.1, 0.15) is 88.3 Å². The summed E-state index contributed by atoms with van der Waals surface area (Å²) in [4.78, 5) is 0. The number of halogens is 4. The molecule has 0 aromatic heterocycles. The summed E-state index contributed by atoms with van der Waals surface area (Å²) in [6.07, 6.45) is 9.49. The first-order chi connectivity index (χ1) is 15.3. The summed E-state index contributed by atoms with van der Waals surface area (Å²) in [6, 6.07) is 2.09. The zero-order valence-electron chi connectivity index (χ0n) is 19.7. The third-order valence-corrected chi connectivity index (χ3v) is 6.32. The van der Waals surface area contributed by atoms with Gasteiger partial charge in [0.2, 0.25) is 0 Å². The summed E-state index contributed by atoms with van der Waals surface area (Å²) in [5.74, 6) is -3.98. The summed E-state index contributed by atoms with van der Waals surface area (Å²) in [5, 5.41) is 3.31. The number of fused-ring (bicyclic) bond motifs is 1. The molecule has 0 saturated heterocycles. The first kappa shape index (κ1) is 26.4. The van der Waals surface area contributed by atoms with Crippen molar-refractivity contribution in [2.24, 2.45) is 0 Å². The van der Waals surface area contributed by atoms with Crippen LogP contribution in [0.15, 0.2) is 35.9 Å². The fraction of sp³-hybridized carbons (Fsp3) is 0.556. The molecule has 0 aliphatic heterocycles. The highest BCUT2D eigenvalue weighted by atomic mass is 19.2. The second kappa shape index (κ2) is 13.0. The molecule has 5 heteroatoms. The Bertz CT molecular complexity index is 854. The number of unbranched alkanes of at least 4 members (excludes halogenated alkanes) is 3. The molecule has 0 heterocycles. The quantitative estimate of drug-likeness (QED) is 0.170. The standard InChI is InChI=1S/C27H37F4N/c1-5-7-13-19-17-20-16-18(3)23(24(20)27(31)25(19)29)26(30)22(28)15-11-9-8-10-14-21(32-4)12-6-2/h5,17,21,32H,1,6-16H2,2-4H3/b26-22-. The zero-order chi connectivity index (χ0) is 23.7. The average molecular weight is 452 g/mol. The van der Waals surface area contributed by atoms with Crippen LogP contribution < -0.4 is 5.32 Å². The minimum Gasteiger partial charge on any atom is -0.317 e. The van der Waals surface area contributed by atoms with E-state index in [9.17, 15) is 17.6 Å². The van der Waals surface area contributed by atoms with Gasteiger partial charge in [0.15, 0.2) is 17.5 Å². The topological polar surface area (TPSA) is 12.0 Å². The molecule has 0 spiro atoms. The lowest BCUT2D eigenvalue weighted by Gasteiger charge is -2.14. The van der Waals surface area contributed by atoms with Crippen LogP contribution in [0.4, 0.5) is 17.6 Å². The van der Waals surface area contributed by atoms with Crippen molar-refractivity contribution in [1.82, 2.24) is 5.32 Å². The number of aryl methyl sites for hydroxylation is 1. The van der Waals surface area contributed by atoms with E-state index >= 15 is 0 Å². The molecule has 1 aliphatic carbocycles. The molecule has 1 aliphatic rings. The van der Waals surface area contributed by atoms with Gasteiger partial charge in [0.05, 0.1) is 0 Å². The monoisotopic (exact) mass is 451 g/mol. The number of rotatable bonds is 14. The Labute approximate surface area is 190 Å². The Hall–Kier alpha value is -1.88. The van der Waals surface area contributed by atoms with Gasteiger partial charge in [-0.05, 0) is 63.6 Å².